The lowest BCUT2D eigenvalue weighted by atomic mass is 10.1. The predicted octanol–water partition coefficient (Wildman–Crippen LogP) is 4.06. The van der Waals surface area contributed by atoms with Crippen molar-refractivity contribution < 1.29 is 18.3 Å². The number of ether oxygens (including phenoxy) is 1. The Bertz CT molecular complexity index is 749. The number of halogens is 2. The van der Waals surface area contributed by atoms with E-state index in [1.54, 1.807) is 30.0 Å². The molecule has 120 valence electrons. The molecule has 0 aliphatic carbocycles. The zero-order valence-electron chi connectivity index (χ0n) is 12.7. The zero-order chi connectivity index (χ0) is 16.6. The van der Waals surface area contributed by atoms with Gasteiger partial charge in [0.25, 0.3) is 0 Å². The molecule has 6 heteroatoms. The molecule has 1 heterocycles. The standard InChI is InChI=1S/C17H15F2NO2S/c1-10-7-15(22-2)13(19)8-14(10)20-16(21)9-23-17(20)11-3-5-12(18)6-4-11/h3-8,17H,9H2,1-2H3. The summed E-state index contributed by atoms with van der Waals surface area (Å²) in [5, 5.41) is -0.297. The third-order valence-electron chi connectivity index (χ3n) is 3.75. The van der Waals surface area contributed by atoms with Crippen LogP contribution in [0.25, 0.3) is 0 Å². The highest BCUT2D eigenvalue weighted by molar-refractivity contribution is 8.00. The molecule has 1 aliphatic heterocycles. The third kappa shape index (κ3) is 2.91. The van der Waals surface area contributed by atoms with Gasteiger partial charge in [0.05, 0.1) is 18.6 Å². The van der Waals surface area contributed by atoms with E-state index in [4.69, 9.17) is 4.74 Å². The number of hydrogen-bond donors (Lipinski definition) is 0. The van der Waals surface area contributed by atoms with Crippen LogP contribution in [0.1, 0.15) is 16.5 Å². The Hall–Kier alpha value is -2.08. The average Bonchev–Trinajstić information content (AvgIpc) is 2.91. The van der Waals surface area contributed by atoms with Crippen LogP contribution in [0, 0.1) is 18.6 Å². The molecule has 1 saturated heterocycles. The molecule has 0 radical (unpaired) electrons. The molecule has 1 fully saturated rings. The van der Waals surface area contributed by atoms with E-state index in [9.17, 15) is 13.6 Å². The summed E-state index contributed by atoms with van der Waals surface area (Å²) in [6, 6.07) is 8.90. The van der Waals surface area contributed by atoms with Gasteiger partial charge in [-0.3, -0.25) is 9.69 Å². The average molecular weight is 335 g/mol. The summed E-state index contributed by atoms with van der Waals surface area (Å²) in [5.74, 6) is -0.507. The van der Waals surface area contributed by atoms with Gasteiger partial charge in [-0.15, -0.1) is 11.8 Å². The van der Waals surface area contributed by atoms with E-state index in [1.165, 1.54) is 37.1 Å². The molecule has 0 N–H and O–H groups in total. The SMILES string of the molecule is COc1cc(C)c(N2C(=O)CSC2c2ccc(F)cc2)cc1F. The van der Waals surface area contributed by atoms with Gasteiger partial charge in [-0.25, -0.2) is 8.78 Å². The summed E-state index contributed by atoms with van der Waals surface area (Å²) in [4.78, 5) is 13.9. The molecule has 0 bridgehead atoms. The number of amides is 1. The number of methoxy groups -OCH3 is 1. The number of anilines is 1. The second kappa shape index (κ2) is 6.20. The van der Waals surface area contributed by atoms with E-state index in [1.807, 2.05) is 0 Å². The molecule has 1 amide bonds. The molecular formula is C17H15F2NO2S. The first-order valence-electron chi connectivity index (χ1n) is 7.04. The van der Waals surface area contributed by atoms with Crippen LogP contribution < -0.4 is 9.64 Å². The molecule has 23 heavy (non-hydrogen) atoms. The van der Waals surface area contributed by atoms with Crippen molar-refractivity contribution in [2.75, 3.05) is 17.8 Å². The first-order valence-corrected chi connectivity index (χ1v) is 8.09. The normalized spacial score (nSPS) is 17.7. The number of carbonyl (C=O) groups excluding carboxylic acids is 1. The summed E-state index contributed by atoms with van der Waals surface area (Å²) in [5.41, 5.74) is 2.05. The molecule has 0 aromatic heterocycles. The van der Waals surface area contributed by atoms with Gasteiger partial charge in [-0.1, -0.05) is 12.1 Å². The maximum Gasteiger partial charge on any atom is 0.238 e. The van der Waals surface area contributed by atoms with E-state index in [-0.39, 0.29) is 22.8 Å². The highest BCUT2D eigenvalue weighted by Crippen LogP contribution is 2.43. The van der Waals surface area contributed by atoms with Crippen molar-refractivity contribution in [3.05, 3.63) is 59.2 Å². The third-order valence-corrected chi connectivity index (χ3v) is 4.97. The molecule has 3 nitrogen and oxygen atoms in total. The number of carbonyl (C=O) groups is 1. The molecule has 1 aliphatic rings. The Balaban J connectivity index is 2.03. The lowest BCUT2D eigenvalue weighted by Gasteiger charge is -2.26. The van der Waals surface area contributed by atoms with Crippen molar-refractivity contribution >= 4 is 23.4 Å². The molecule has 1 atom stereocenters. The van der Waals surface area contributed by atoms with Crippen LogP contribution in [-0.2, 0) is 4.79 Å². The lowest BCUT2D eigenvalue weighted by Crippen LogP contribution is -2.28. The fraction of sp³-hybridized carbons (Fsp3) is 0.235. The Morgan fingerprint density at radius 3 is 2.57 bits per heavy atom. The van der Waals surface area contributed by atoms with Crippen molar-refractivity contribution in [3.63, 3.8) is 0 Å². The van der Waals surface area contributed by atoms with E-state index in [0.29, 0.717) is 11.4 Å². The minimum atomic E-state index is -0.518. The Labute approximate surface area is 137 Å². The summed E-state index contributed by atoms with van der Waals surface area (Å²) < 4.78 is 32.2. The molecule has 0 saturated carbocycles. The minimum absolute atomic E-state index is 0.100. The van der Waals surface area contributed by atoms with Gasteiger partial charge >= 0.3 is 0 Å². The van der Waals surface area contributed by atoms with Gasteiger partial charge < -0.3 is 4.74 Å². The second-order valence-corrected chi connectivity index (χ2v) is 6.32. The first-order chi connectivity index (χ1) is 11.0. The monoisotopic (exact) mass is 335 g/mol. The maximum atomic E-state index is 14.1. The number of aryl methyl sites for hydroxylation is 1. The van der Waals surface area contributed by atoms with Crippen molar-refractivity contribution in [2.24, 2.45) is 0 Å². The second-order valence-electron chi connectivity index (χ2n) is 5.25. The van der Waals surface area contributed by atoms with Crippen LogP contribution in [0.4, 0.5) is 14.5 Å². The molecule has 2 aromatic rings. The Morgan fingerprint density at radius 2 is 1.91 bits per heavy atom. The van der Waals surface area contributed by atoms with Gasteiger partial charge in [-0.2, -0.15) is 0 Å². The minimum Gasteiger partial charge on any atom is -0.494 e. The van der Waals surface area contributed by atoms with Crippen LogP contribution in [0.15, 0.2) is 36.4 Å². The Kier molecular flexibility index (Phi) is 4.26. The van der Waals surface area contributed by atoms with Gasteiger partial charge in [0.2, 0.25) is 5.91 Å². The van der Waals surface area contributed by atoms with E-state index in [0.717, 1.165) is 11.1 Å². The van der Waals surface area contributed by atoms with Crippen molar-refractivity contribution in [1.82, 2.24) is 0 Å². The quantitative estimate of drug-likeness (QED) is 0.847. The van der Waals surface area contributed by atoms with Gasteiger partial charge in [0.15, 0.2) is 11.6 Å². The first kappa shape index (κ1) is 15.8. The molecule has 1 unspecified atom stereocenters. The number of nitrogens with zero attached hydrogens (tertiary/aromatic N) is 1. The van der Waals surface area contributed by atoms with Crippen LogP contribution in [0.5, 0.6) is 5.75 Å². The van der Waals surface area contributed by atoms with Crippen LogP contribution in [0.2, 0.25) is 0 Å². The Morgan fingerprint density at radius 1 is 1.22 bits per heavy atom. The van der Waals surface area contributed by atoms with Crippen LogP contribution in [-0.4, -0.2) is 18.8 Å². The van der Waals surface area contributed by atoms with Crippen molar-refractivity contribution in [3.8, 4) is 5.75 Å². The molecule has 0 spiro atoms. The fourth-order valence-electron chi connectivity index (χ4n) is 2.62. The molecule has 2 aromatic carbocycles. The van der Waals surface area contributed by atoms with Gasteiger partial charge in [0, 0.05) is 6.07 Å². The maximum absolute atomic E-state index is 14.1. The topological polar surface area (TPSA) is 29.5 Å². The van der Waals surface area contributed by atoms with E-state index >= 15 is 0 Å². The summed E-state index contributed by atoms with van der Waals surface area (Å²) in [6.45, 7) is 1.80. The number of hydrogen-bond acceptors (Lipinski definition) is 3. The van der Waals surface area contributed by atoms with Gasteiger partial charge in [-0.05, 0) is 36.2 Å². The number of rotatable bonds is 3. The summed E-state index contributed by atoms with van der Waals surface area (Å²) in [7, 11) is 1.40. The number of thioether (sulfide) groups is 1. The smallest absolute Gasteiger partial charge is 0.238 e. The summed E-state index contributed by atoms with van der Waals surface area (Å²) in [6.07, 6.45) is 0. The predicted molar refractivity (Wildman–Crippen MR) is 86.8 cm³/mol. The van der Waals surface area contributed by atoms with Crippen molar-refractivity contribution in [1.29, 1.82) is 0 Å². The van der Waals surface area contributed by atoms with Crippen LogP contribution in [0.3, 0.4) is 0 Å². The van der Waals surface area contributed by atoms with E-state index < -0.39 is 5.82 Å². The van der Waals surface area contributed by atoms with Gasteiger partial charge in [0.1, 0.15) is 11.2 Å². The summed E-state index contributed by atoms with van der Waals surface area (Å²) >= 11 is 1.44. The molecular weight excluding hydrogens is 320 g/mol. The zero-order valence-corrected chi connectivity index (χ0v) is 13.5. The van der Waals surface area contributed by atoms with E-state index in [2.05, 4.69) is 0 Å². The van der Waals surface area contributed by atoms with Crippen molar-refractivity contribution in [2.45, 2.75) is 12.3 Å². The van der Waals surface area contributed by atoms with Crippen LogP contribution >= 0.6 is 11.8 Å². The fourth-order valence-corrected chi connectivity index (χ4v) is 3.79. The lowest BCUT2D eigenvalue weighted by molar-refractivity contribution is -0.115. The molecule has 3 rings (SSSR count). The highest BCUT2D eigenvalue weighted by Gasteiger charge is 2.35. The highest BCUT2D eigenvalue weighted by atomic mass is 32.2. The largest absolute Gasteiger partial charge is 0.494 e. The number of benzene rings is 2.